The zero-order chi connectivity index (χ0) is 16.5. The molecule has 0 bridgehead atoms. The van der Waals surface area contributed by atoms with Crippen molar-refractivity contribution in [2.45, 2.75) is 38.1 Å². The summed E-state index contributed by atoms with van der Waals surface area (Å²) in [6.07, 6.45) is 6.32. The van der Waals surface area contributed by atoms with Crippen molar-refractivity contribution in [1.82, 2.24) is 19.9 Å². The summed E-state index contributed by atoms with van der Waals surface area (Å²) >= 11 is 0. The topological polar surface area (TPSA) is 71.0 Å². The minimum absolute atomic E-state index is 0.143. The van der Waals surface area contributed by atoms with E-state index in [1.165, 1.54) is 5.56 Å². The molecule has 6 heteroatoms. The highest BCUT2D eigenvalue weighted by Gasteiger charge is 2.26. The zero-order valence-electron chi connectivity index (χ0n) is 13.8. The average molecular weight is 323 g/mol. The summed E-state index contributed by atoms with van der Waals surface area (Å²) in [6, 6.07) is 5.91. The normalized spacial score (nSPS) is 20.1. The molecule has 2 aliphatic rings. The number of fused-ring (bicyclic) bond motifs is 1. The second kappa shape index (κ2) is 6.19. The second-order valence-corrected chi connectivity index (χ2v) is 6.54. The highest BCUT2D eigenvalue weighted by Crippen LogP contribution is 2.30. The number of carbonyl (C=O) groups excluding carboxylic acids is 1. The van der Waals surface area contributed by atoms with Gasteiger partial charge in [0.2, 0.25) is 5.91 Å². The predicted molar refractivity (Wildman–Crippen MR) is 91.6 cm³/mol. The minimum atomic E-state index is 0.143. The lowest BCUT2D eigenvalue weighted by molar-refractivity contribution is -0.132. The Morgan fingerprint density at radius 1 is 1.25 bits per heavy atom. The van der Waals surface area contributed by atoms with Gasteiger partial charge in [-0.3, -0.25) is 9.78 Å². The van der Waals surface area contributed by atoms with E-state index in [2.05, 4.69) is 10.3 Å². The summed E-state index contributed by atoms with van der Waals surface area (Å²) in [4.78, 5) is 27.6. The maximum Gasteiger partial charge on any atom is 0.224 e. The lowest BCUT2D eigenvalue weighted by Gasteiger charge is -2.30. The molecule has 4 rings (SSSR count). The Morgan fingerprint density at radius 3 is 2.96 bits per heavy atom. The molecular weight excluding hydrogens is 302 g/mol. The van der Waals surface area contributed by atoms with Crippen LogP contribution >= 0.6 is 0 Å². The summed E-state index contributed by atoms with van der Waals surface area (Å²) in [5.41, 5.74) is 3.11. The van der Waals surface area contributed by atoms with Crippen LogP contribution in [0.5, 0.6) is 0 Å². The predicted octanol–water partition coefficient (Wildman–Crippen LogP) is 2.06. The Morgan fingerprint density at radius 2 is 2.17 bits per heavy atom. The van der Waals surface area contributed by atoms with Gasteiger partial charge in [0, 0.05) is 43.5 Å². The van der Waals surface area contributed by atoms with Gasteiger partial charge in [-0.05, 0) is 37.8 Å². The Kier molecular flexibility index (Phi) is 3.88. The summed E-state index contributed by atoms with van der Waals surface area (Å²) in [7, 11) is 1.86. The van der Waals surface area contributed by atoms with E-state index in [1.54, 1.807) is 11.1 Å². The molecule has 1 unspecified atom stereocenters. The van der Waals surface area contributed by atoms with Gasteiger partial charge < -0.3 is 10.2 Å². The first-order valence-electron chi connectivity index (χ1n) is 8.52. The van der Waals surface area contributed by atoms with E-state index in [0.29, 0.717) is 12.2 Å². The van der Waals surface area contributed by atoms with Gasteiger partial charge in [-0.2, -0.15) is 0 Å². The molecule has 0 saturated carbocycles. The van der Waals surface area contributed by atoms with Gasteiger partial charge >= 0.3 is 0 Å². The number of anilines is 1. The van der Waals surface area contributed by atoms with Crippen LogP contribution in [0, 0.1) is 0 Å². The molecule has 1 N–H and O–H groups in total. The van der Waals surface area contributed by atoms with Crippen LogP contribution in [0.1, 0.15) is 30.5 Å². The number of nitrogens with zero attached hydrogens (tertiary/aromatic N) is 4. The molecule has 2 aromatic heterocycles. The van der Waals surface area contributed by atoms with Crippen molar-refractivity contribution in [2.24, 2.45) is 0 Å². The van der Waals surface area contributed by atoms with Crippen LogP contribution in [0.4, 0.5) is 5.82 Å². The molecular formula is C18H21N5O. The first-order chi connectivity index (χ1) is 11.7. The third-order valence-corrected chi connectivity index (χ3v) is 4.83. The van der Waals surface area contributed by atoms with Crippen molar-refractivity contribution >= 4 is 11.7 Å². The fourth-order valence-electron chi connectivity index (χ4n) is 3.42. The van der Waals surface area contributed by atoms with Crippen LogP contribution in [0.25, 0.3) is 11.5 Å². The van der Waals surface area contributed by atoms with E-state index in [1.807, 2.05) is 25.2 Å². The van der Waals surface area contributed by atoms with Gasteiger partial charge in [-0.25, -0.2) is 9.97 Å². The van der Waals surface area contributed by atoms with E-state index in [0.717, 1.165) is 49.4 Å². The number of carbonyl (C=O) groups is 1. The highest BCUT2D eigenvalue weighted by atomic mass is 16.2. The Bertz CT molecular complexity index is 762. The monoisotopic (exact) mass is 323 g/mol. The van der Waals surface area contributed by atoms with Crippen LogP contribution in [0.3, 0.4) is 0 Å². The molecule has 1 aliphatic carbocycles. The van der Waals surface area contributed by atoms with E-state index in [4.69, 9.17) is 9.97 Å². The van der Waals surface area contributed by atoms with Gasteiger partial charge in [0.05, 0.1) is 0 Å². The summed E-state index contributed by atoms with van der Waals surface area (Å²) in [5, 5.41) is 3.52. The second-order valence-electron chi connectivity index (χ2n) is 6.54. The molecule has 0 aromatic carbocycles. The number of pyridine rings is 1. The Hall–Kier alpha value is -2.50. The number of hydrogen-bond acceptors (Lipinski definition) is 5. The molecule has 6 nitrogen and oxygen atoms in total. The van der Waals surface area contributed by atoms with E-state index in [-0.39, 0.29) is 11.9 Å². The first kappa shape index (κ1) is 15.1. The largest absolute Gasteiger partial charge is 0.366 e. The van der Waals surface area contributed by atoms with E-state index in [9.17, 15) is 4.79 Å². The minimum Gasteiger partial charge on any atom is -0.366 e. The number of amides is 1. The first-order valence-corrected chi connectivity index (χ1v) is 8.52. The third-order valence-electron chi connectivity index (χ3n) is 4.83. The SMILES string of the molecule is CN1CCC(Nc2nc(-c3ccccn3)nc3c2CCC3)CC1=O. The number of hydrogen-bond donors (Lipinski definition) is 1. The molecule has 1 amide bonds. The van der Waals surface area contributed by atoms with Crippen molar-refractivity contribution in [2.75, 3.05) is 18.9 Å². The van der Waals surface area contributed by atoms with Gasteiger partial charge in [-0.15, -0.1) is 0 Å². The van der Waals surface area contributed by atoms with Crippen LogP contribution in [0.15, 0.2) is 24.4 Å². The number of piperidine rings is 1. The van der Waals surface area contributed by atoms with Crippen molar-refractivity contribution in [3.05, 3.63) is 35.7 Å². The van der Waals surface area contributed by atoms with Crippen molar-refractivity contribution in [3.8, 4) is 11.5 Å². The van der Waals surface area contributed by atoms with Gasteiger partial charge in [0.15, 0.2) is 5.82 Å². The van der Waals surface area contributed by atoms with Crippen LogP contribution in [0.2, 0.25) is 0 Å². The Balaban J connectivity index is 1.65. The number of aryl methyl sites for hydroxylation is 1. The lowest BCUT2D eigenvalue weighted by atomic mass is 10.0. The quantitative estimate of drug-likeness (QED) is 0.936. The third kappa shape index (κ3) is 2.84. The zero-order valence-corrected chi connectivity index (χ0v) is 13.8. The smallest absolute Gasteiger partial charge is 0.224 e. The molecule has 1 saturated heterocycles. The van der Waals surface area contributed by atoms with E-state index >= 15 is 0 Å². The molecule has 1 aliphatic heterocycles. The molecule has 124 valence electrons. The van der Waals surface area contributed by atoms with Crippen LogP contribution in [-0.4, -0.2) is 45.4 Å². The van der Waals surface area contributed by atoms with Crippen molar-refractivity contribution in [3.63, 3.8) is 0 Å². The molecule has 1 atom stereocenters. The fraction of sp³-hybridized carbons (Fsp3) is 0.444. The average Bonchev–Trinajstić information content (AvgIpc) is 3.08. The summed E-state index contributed by atoms with van der Waals surface area (Å²) in [5.74, 6) is 1.74. The molecule has 0 spiro atoms. The maximum absolute atomic E-state index is 12.0. The number of likely N-dealkylation sites (tertiary alicyclic amines) is 1. The number of nitrogens with one attached hydrogen (secondary N) is 1. The van der Waals surface area contributed by atoms with Crippen LogP contribution < -0.4 is 5.32 Å². The van der Waals surface area contributed by atoms with E-state index < -0.39 is 0 Å². The van der Waals surface area contributed by atoms with Gasteiger partial charge in [-0.1, -0.05) is 6.07 Å². The molecule has 2 aromatic rings. The van der Waals surface area contributed by atoms with Crippen molar-refractivity contribution in [1.29, 1.82) is 0 Å². The molecule has 0 radical (unpaired) electrons. The molecule has 3 heterocycles. The summed E-state index contributed by atoms with van der Waals surface area (Å²) in [6.45, 7) is 0.789. The standard InChI is InChI=1S/C18H21N5O/c1-23-10-8-12(11-16(23)24)20-17-13-5-4-7-14(13)21-18(22-17)15-6-2-3-9-19-15/h2-3,6,9,12H,4-5,7-8,10-11H2,1H3,(H,20,21,22). The number of rotatable bonds is 3. The summed E-state index contributed by atoms with van der Waals surface area (Å²) < 4.78 is 0. The molecule has 24 heavy (non-hydrogen) atoms. The van der Waals surface area contributed by atoms with Gasteiger partial charge in [0.1, 0.15) is 11.5 Å². The number of aromatic nitrogens is 3. The fourth-order valence-corrected chi connectivity index (χ4v) is 3.42. The van der Waals surface area contributed by atoms with Crippen LogP contribution in [-0.2, 0) is 17.6 Å². The Labute approximate surface area is 141 Å². The molecule has 1 fully saturated rings. The maximum atomic E-state index is 12.0. The highest BCUT2D eigenvalue weighted by molar-refractivity contribution is 5.78. The van der Waals surface area contributed by atoms with Crippen molar-refractivity contribution < 1.29 is 4.79 Å². The van der Waals surface area contributed by atoms with Gasteiger partial charge in [0.25, 0.3) is 0 Å². The lowest BCUT2D eigenvalue weighted by Crippen LogP contribution is -2.41.